The van der Waals surface area contributed by atoms with E-state index in [9.17, 15) is 0 Å². The van der Waals surface area contributed by atoms with Gasteiger partial charge in [0.05, 0.1) is 0 Å². The van der Waals surface area contributed by atoms with Crippen molar-refractivity contribution in [3.05, 3.63) is 114 Å². The number of benzene rings is 3. The molecule has 0 saturated carbocycles. The molecule has 0 aliphatic heterocycles. The van der Waals surface area contributed by atoms with Crippen molar-refractivity contribution in [3.63, 3.8) is 0 Å². The molecule has 0 aliphatic rings. The number of fused-ring (bicyclic) bond motifs is 4. The summed E-state index contributed by atoms with van der Waals surface area (Å²) in [5.74, 6) is 0. The molecule has 0 atom stereocenters. The monoisotopic (exact) mass is 550 g/mol. The zero-order chi connectivity index (χ0) is 19.8. The van der Waals surface area contributed by atoms with Crippen LogP contribution in [0, 0.1) is 13.8 Å². The fraction of sp³-hybridized carbons (Fsp3) is 0.0714. The van der Waals surface area contributed by atoms with E-state index in [-0.39, 0.29) is 51.0 Å². The third kappa shape index (κ3) is 4.98. The Morgan fingerprint density at radius 3 is 1.78 bits per heavy atom. The van der Waals surface area contributed by atoms with Gasteiger partial charge in [0.1, 0.15) is 0 Å². The van der Waals surface area contributed by atoms with E-state index in [2.05, 4.69) is 117 Å². The first-order valence-corrected chi connectivity index (χ1v) is 11.4. The third-order valence-electron chi connectivity index (χ3n) is 5.76. The van der Waals surface area contributed by atoms with Crippen LogP contribution in [0.2, 0.25) is 0 Å². The second-order valence-corrected chi connectivity index (χ2v) is 9.75. The van der Waals surface area contributed by atoms with E-state index < -0.39 is 7.53 Å². The normalized spacial score (nSPS) is 10.1. The van der Waals surface area contributed by atoms with E-state index in [1.165, 1.54) is 48.2 Å². The molecule has 0 aliphatic carbocycles. The van der Waals surface area contributed by atoms with Gasteiger partial charge in [-0.2, -0.15) is 23.3 Å². The van der Waals surface area contributed by atoms with Crippen LogP contribution in [0.3, 0.4) is 0 Å². The van der Waals surface area contributed by atoms with E-state index in [1.807, 2.05) is 0 Å². The summed E-state index contributed by atoms with van der Waals surface area (Å²) in [6.07, 6.45) is 0. The minimum atomic E-state index is -0.419. The van der Waals surface area contributed by atoms with Gasteiger partial charge in [-0.15, -0.1) is 35.0 Å². The van der Waals surface area contributed by atoms with Crippen molar-refractivity contribution in [3.8, 4) is 5.30 Å². The summed E-state index contributed by atoms with van der Waals surface area (Å²) in [7, 11) is -0.419. The largest absolute Gasteiger partial charge is 4.00 e. The minimum absolute atomic E-state index is 0. The zero-order valence-corrected chi connectivity index (χ0v) is 22.9. The van der Waals surface area contributed by atoms with Gasteiger partial charge < -0.3 is 24.8 Å². The smallest absolute Gasteiger partial charge is 1.00 e. The van der Waals surface area contributed by atoms with Crippen LogP contribution >= 0.6 is 7.53 Å². The number of hydrogen-bond acceptors (Lipinski definition) is 0. The van der Waals surface area contributed by atoms with Crippen LogP contribution in [0.1, 0.15) is 11.1 Å². The number of halogens is 2. The number of hydrogen-bond donors (Lipinski definition) is 0. The Hall–Kier alpha value is -1.62. The Labute approximate surface area is 222 Å². The SMILES string of the molecule is Cc1ccc[c-]1C.[Cl-].[Cl-].[Zr+4].c1ccc2[cH-]c(-p3c4ccccc4c4ccccc43)cc2c1. The molecule has 0 unspecified atom stereocenters. The molecule has 158 valence electrons. The van der Waals surface area contributed by atoms with E-state index >= 15 is 0 Å². The topological polar surface area (TPSA) is 0 Å². The van der Waals surface area contributed by atoms with Crippen LogP contribution in [0.15, 0.2) is 103 Å². The van der Waals surface area contributed by atoms with Crippen LogP contribution in [-0.2, 0) is 26.2 Å². The molecule has 0 bridgehead atoms. The van der Waals surface area contributed by atoms with Crippen molar-refractivity contribution in [1.82, 2.24) is 0 Å². The molecule has 1 aromatic heterocycles. The molecule has 0 spiro atoms. The summed E-state index contributed by atoms with van der Waals surface area (Å²) in [6.45, 7) is 4.24. The maximum Gasteiger partial charge on any atom is 4.00 e. The zero-order valence-electron chi connectivity index (χ0n) is 18.0. The van der Waals surface area contributed by atoms with Gasteiger partial charge in [-0.25, -0.2) is 12.1 Å². The average Bonchev–Trinajstić information content (AvgIpc) is 3.43. The fourth-order valence-electron chi connectivity index (χ4n) is 4.06. The quantitative estimate of drug-likeness (QED) is 0.276. The molecule has 5 aromatic carbocycles. The standard InChI is InChI=1S/C21H14P.C7H9.2ClH.Zr/c1-2-8-16-14-17(13-15(16)7-1)22-20-11-5-3-9-18(20)19-10-4-6-12-21(19)22;1-6-4-3-5-7(6)2;;;/h1-14H;3-5H,1-2H3;2*1H;/q2*-1;;;+4/p-2. The summed E-state index contributed by atoms with van der Waals surface area (Å²) in [5, 5.41) is 9.98. The second kappa shape index (κ2) is 11.5. The van der Waals surface area contributed by atoms with E-state index in [4.69, 9.17) is 0 Å². The van der Waals surface area contributed by atoms with Crippen LogP contribution < -0.4 is 24.8 Å². The Morgan fingerprint density at radius 1 is 0.719 bits per heavy atom. The van der Waals surface area contributed by atoms with Gasteiger partial charge in [0.15, 0.2) is 0 Å². The summed E-state index contributed by atoms with van der Waals surface area (Å²) in [5.41, 5.74) is 2.78. The Bertz CT molecular complexity index is 1340. The molecule has 32 heavy (non-hydrogen) atoms. The predicted octanol–water partition coefficient (Wildman–Crippen LogP) is 2.87. The molecule has 0 radical (unpaired) electrons. The van der Waals surface area contributed by atoms with Crippen molar-refractivity contribution in [2.24, 2.45) is 0 Å². The molecule has 4 heteroatoms. The van der Waals surface area contributed by atoms with Crippen molar-refractivity contribution >= 4 is 39.3 Å². The van der Waals surface area contributed by atoms with Crippen LogP contribution in [0.5, 0.6) is 0 Å². The van der Waals surface area contributed by atoms with Crippen molar-refractivity contribution < 1.29 is 51.0 Å². The first-order valence-electron chi connectivity index (χ1n) is 10.1. The van der Waals surface area contributed by atoms with Gasteiger partial charge >= 0.3 is 26.2 Å². The van der Waals surface area contributed by atoms with Crippen molar-refractivity contribution in [1.29, 1.82) is 0 Å². The molecule has 6 rings (SSSR count). The number of aryl methyl sites for hydroxylation is 2. The molecule has 6 aromatic rings. The molecule has 0 saturated heterocycles. The molecule has 1 heterocycles. The van der Waals surface area contributed by atoms with Gasteiger partial charge in [-0.05, 0) is 10.8 Å². The maximum absolute atomic E-state index is 2.37. The Balaban J connectivity index is 0.000000317. The van der Waals surface area contributed by atoms with Gasteiger partial charge in [0, 0.05) is 10.2 Å². The van der Waals surface area contributed by atoms with Gasteiger partial charge in [0.25, 0.3) is 0 Å². The summed E-state index contributed by atoms with van der Waals surface area (Å²) in [4.78, 5) is 0. The predicted molar refractivity (Wildman–Crippen MR) is 130 cm³/mol. The molecule has 0 nitrogen and oxygen atoms in total. The van der Waals surface area contributed by atoms with Gasteiger partial charge in [0.2, 0.25) is 0 Å². The molecular formula is C28H23Cl2PZr. The van der Waals surface area contributed by atoms with Crippen LogP contribution in [0.4, 0.5) is 0 Å². The Kier molecular flexibility index (Phi) is 9.57. The molecular weight excluding hydrogens is 529 g/mol. The van der Waals surface area contributed by atoms with E-state index in [0.717, 1.165) is 0 Å². The minimum Gasteiger partial charge on any atom is -1.00 e. The Morgan fingerprint density at radius 2 is 1.28 bits per heavy atom. The fourth-order valence-corrected chi connectivity index (χ4v) is 6.76. The second-order valence-electron chi connectivity index (χ2n) is 7.60. The molecule has 0 fully saturated rings. The third-order valence-corrected chi connectivity index (χ3v) is 8.27. The average molecular weight is 553 g/mol. The van der Waals surface area contributed by atoms with Crippen LogP contribution in [0.25, 0.3) is 37.1 Å². The molecule has 0 N–H and O–H groups in total. The summed E-state index contributed by atoms with van der Waals surface area (Å²) < 4.78 is 0. The first kappa shape index (κ1) is 26.6. The van der Waals surface area contributed by atoms with E-state index in [1.54, 1.807) is 0 Å². The summed E-state index contributed by atoms with van der Waals surface area (Å²) in [6, 6.07) is 37.5. The van der Waals surface area contributed by atoms with Gasteiger partial charge in [-0.1, -0.05) is 81.3 Å². The molecule has 0 amide bonds. The van der Waals surface area contributed by atoms with Crippen LogP contribution in [-0.4, -0.2) is 0 Å². The maximum atomic E-state index is 2.37. The van der Waals surface area contributed by atoms with Crippen molar-refractivity contribution in [2.45, 2.75) is 13.8 Å². The van der Waals surface area contributed by atoms with Gasteiger partial charge in [-0.3, -0.25) is 0 Å². The van der Waals surface area contributed by atoms with E-state index in [0.29, 0.717) is 0 Å². The van der Waals surface area contributed by atoms with Crippen molar-refractivity contribution in [2.75, 3.05) is 0 Å². The summed E-state index contributed by atoms with van der Waals surface area (Å²) >= 11 is 0. The first-order chi connectivity index (χ1) is 14.2. The number of rotatable bonds is 1.